The third-order valence-electron chi connectivity index (χ3n) is 5.13. The molecular weight excluding hydrogens is 266 g/mol. The van der Waals surface area contributed by atoms with Crippen molar-refractivity contribution in [2.75, 3.05) is 12.8 Å². The zero-order chi connectivity index (χ0) is 15.0. The van der Waals surface area contributed by atoms with Gasteiger partial charge in [0.05, 0.1) is 11.4 Å². The summed E-state index contributed by atoms with van der Waals surface area (Å²) in [4.78, 5) is 14.9. The predicted molar refractivity (Wildman–Crippen MR) is 82.1 cm³/mol. The highest BCUT2D eigenvalue weighted by Crippen LogP contribution is 2.32. The number of H-pyrrole nitrogens is 1. The van der Waals surface area contributed by atoms with Crippen LogP contribution < -0.4 is 11.1 Å². The molecule has 3 heterocycles. The molecule has 1 amide bonds. The summed E-state index contributed by atoms with van der Waals surface area (Å²) in [5.41, 5.74) is 7.64. The molecule has 1 aromatic heterocycles. The number of aryl methyl sites for hydroxylation is 1. The summed E-state index contributed by atoms with van der Waals surface area (Å²) in [5, 5.41) is 10.0. The van der Waals surface area contributed by atoms with Crippen LogP contribution in [0.4, 0.5) is 5.69 Å². The average Bonchev–Trinajstić information content (AvgIpc) is 2.81. The summed E-state index contributed by atoms with van der Waals surface area (Å²) < 4.78 is 0. The van der Waals surface area contributed by atoms with Gasteiger partial charge in [-0.05, 0) is 39.2 Å². The molecule has 4 N–H and O–H groups in total. The Labute approximate surface area is 125 Å². The van der Waals surface area contributed by atoms with E-state index >= 15 is 0 Å². The second kappa shape index (κ2) is 5.67. The third kappa shape index (κ3) is 2.64. The predicted octanol–water partition coefficient (Wildman–Crippen LogP) is 1.30. The van der Waals surface area contributed by atoms with Crippen LogP contribution in [0.25, 0.3) is 0 Å². The van der Waals surface area contributed by atoms with Gasteiger partial charge in [0.1, 0.15) is 0 Å². The van der Waals surface area contributed by atoms with Crippen molar-refractivity contribution in [2.45, 2.75) is 63.6 Å². The molecule has 3 rings (SSSR count). The van der Waals surface area contributed by atoms with Crippen molar-refractivity contribution in [3.8, 4) is 0 Å². The standard InChI is InChI=1S/C15H25N5O/c1-3-12-13(16)14(19-18-12)15(21)17-9-7-10-5-4-6-11(8-9)20(10)2/h9-11H,3-8,16H2,1-2H3,(H,17,21)(H,18,19). The van der Waals surface area contributed by atoms with Crippen molar-refractivity contribution in [2.24, 2.45) is 0 Å². The fourth-order valence-electron chi connectivity index (χ4n) is 3.82. The number of amides is 1. The first-order chi connectivity index (χ1) is 10.1. The van der Waals surface area contributed by atoms with Crippen LogP contribution in [0.15, 0.2) is 0 Å². The lowest BCUT2D eigenvalue weighted by Crippen LogP contribution is -2.55. The van der Waals surface area contributed by atoms with Gasteiger partial charge in [-0.3, -0.25) is 9.89 Å². The number of nitrogen functional groups attached to an aromatic ring is 1. The van der Waals surface area contributed by atoms with E-state index in [0.717, 1.165) is 25.0 Å². The van der Waals surface area contributed by atoms with Gasteiger partial charge in [0.15, 0.2) is 5.69 Å². The summed E-state index contributed by atoms with van der Waals surface area (Å²) in [6.07, 6.45) is 6.61. The number of rotatable bonds is 3. The Morgan fingerprint density at radius 3 is 2.67 bits per heavy atom. The Morgan fingerprint density at radius 2 is 2.10 bits per heavy atom. The fraction of sp³-hybridized carbons (Fsp3) is 0.733. The number of carbonyl (C=O) groups excluding carboxylic acids is 1. The highest BCUT2D eigenvalue weighted by atomic mass is 16.2. The molecular formula is C15H25N5O. The number of anilines is 1. The zero-order valence-corrected chi connectivity index (χ0v) is 12.9. The molecule has 6 nitrogen and oxygen atoms in total. The van der Waals surface area contributed by atoms with E-state index in [1.54, 1.807) is 0 Å². The van der Waals surface area contributed by atoms with E-state index in [2.05, 4.69) is 27.5 Å². The van der Waals surface area contributed by atoms with Crippen LogP contribution in [-0.2, 0) is 6.42 Å². The summed E-state index contributed by atoms with van der Waals surface area (Å²) >= 11 is 0. The number of fused-ring (bicyclic) bond motifs is 2. The van der Waals surface area contributed by atoms with E-state index in [4.69, 9.17) is 5.73 Å². The van der Waals surface area contributed by atoms with Crippen LogP contribution in [0.3, 0.4) is 0 Å². The first-order valence-electron chi connectivity index (χ1n) is 7.95. The molecule has 116 valence electrons. The van der Waals surface area contributed by atoms with Crippen LogP contribution in [0, 0.1) is 0 Å². The van der Waals surface area contributed by atoms with Crippen molar-refractivity contribution >= 4 is 11.6 Å². The molecule has 2 aliphatic heterocycles. The van der Waals surface area contributed by atoms with Gasteiger partial charge in [0, 0.05) is 18.1 Å². The normalized spacial score (nSPS) is 29.3. The quantitative estimate of drug-likeness (QED) is 0.783. The maximum absolute atomic E-state index is 12.4. The number of carbonyl (C=O) groups is 1. The van der Waals surface area contributed by atoms with Gasteiger partial charge in [-0.2, -0.15) is 5.10 Å². The van der Waals surface area contributed by atoms with Crippen molar-refractivity contribution < 1.29 is 4.79 Å². The second-order valence-corrected chi connectivity index (χ2v) is 6.36. The van der Waals surface area contributed by atoms with Gasteiger partial charge >= 0.3 is 0 Å². The fourth-order valence-corrected chi connectivity index (χ4v) is 3.82. The van der Waals surface area contributed by atoms with Crippen molar-refractivity contribution in [3.05, 3.63) is 11.4 Å². The molecule has 2 saturated heterocycles. The highest BCUT2D eigenvalue weighted by Gasteiger charge is 2.36. The number of nitrogens with one attached hydrogen (secondary N) is 2. The summed E-state index contributed by atoms with van der Waals surface area (Å²) in [7, 11) is 2.21. The van der Waals surface area contributed by atoms with Crippen LogP contribution >= 0.6 is 0 Å². The summed E-state index contributed by atoms with van der Waals surface area (Å²) in [6.45, 7) is 1.99. The number of aromatic nitrogens is 2. The van der Waals surface area contributed by atoms with Crippen molar-refractivity contribution in [1.82, 2.24) is 20.4 Å². The van der Waals surface area contributed by atoms with Crippen LogP contribution in [-0.4, -0.2) is 46.2 Å². The molecule has 2 fully saturated rings. The number of aromatic amines is 1. The van der Waals surface area contributed by atoms with Crippen LogP contribution in [0.1, 0.15) is 55.2 Å². The minimum atomic E-state index is -0.143. The number of piperidine rings is 2. The largest absolute Gasteiger partial charge is 0.395 e. The second-order valence-electron chi connectivity index (χ2n) is 6.36. The molecule has 6 heteroatoms. The smallest absolute Gasteiger partial charge is 0.274 e. The first kappa shape index (κ1) is 14.4. The van der Waals surface area contributed by atoms with E-state index in [1.807, 2.05) is 6.92 Å². The maximum Gasteiger partial charge on any atom is 0.274 e. The summed E-state index contributed by atoms with van der Waals surface area (Å²) in [5.74, 6) is -0.143. The van der Waals surface area contributed by atoms with Gasteiger partial charge < -0.3 is 16.0 Å². The Hall–Kier alpha value is -1.56. The molecule has 1 aromatic rings. The van der Waals surface area contributed by atoms with Crippen LogP contribution in [0.5, 0.6) is 0 Å². The lowest BCUT2D eigenvalue weighted by molar-refractivity contribution is 0.0462. The number of hydrogen-bond acceptors (Lipinski definition) is 4. The Bertz CT molecular complexity index is 512. The first-order valence-corrected chi connectivity index (χ1v) is 7.95. The Balaban J connectivity index is 1.66. The van der Waals surface area contributed by atoms with Gasteiger partial charge in [0.2, 0.25) is 0 Å². The highest BCUT2D eigenvalue weighted by molar-refractivity contribution is 5.97. The minimum Gasteiger partial charge on any atom is -0.395 e. The molecule has 0 saturated carbocycles. The van der Waals surface area contributed by atoms with Crippen molar-refractivity contribution in [3.63, 3.8) is 0 Å². The maximum atomic E-state index is 12.4. The Morgan fingerprint density at radius 1 is 1.43 bits per heavy atom. The molecule has 0 aliphatic carbocycles. The SMILES string of the molecule is CCc1[nH]nc(C(=O)NC2CC3CCCC(C2)N3C)c1N. The minimum absolute atomic E-state index is 0.143. The molecule has 2 atom stereocenters. The number of nitrogens with zero attached hydrogens (tertiary/aromatic N) is 2. The topological polar surface area (TPSA) is 87.0 Å². The molecule has 21 heavy (non-hydrogen) atoms. The molecule has 0 aromatic carbocycles. The molecule has 2 unspecified atom stereocenters. The Kier molecular flexibility index (Phi) is 3.89. The third-order valence-corrected chi connectivity index (χ3v) is 5.13. The number of hydrogen-bond donors (Lipinski definition) is 3. The molecule has 2 bridgehead atoms. The van der Waals surface area contributed by atoms with E-state index < -0.39 is 0 Å². The lowest BCUT2D eigenvalue weighted by Gasteiger charge is -2.47. The monoisotopic (exact) mass is 291 g/mol. The van der Waals surface area contributed by atoms with Gasteiger partial charge in [-0.15, -0.1) is 0 Å². The average molecular weight is 291 g/mol. The van der Waals surface area contributed by atoms with Gasteiger partial charge in [-0.1, -0.05) is 13.3 Å². The molecule has 2 aliphatic rings. The number of nitrogens with two attached hydrogens (primary N) is 1. The van der Waals surface area contributed by atoms with E-state index in [1.165, 1.54) is 19.3 Å². The zero-order valence-electron chi connectivity index (χ0n) is 12.9. The van der Waals surface area contributed by atoms with Crippen LogP contribution in [0.2, 0.25) is 0 Å². The van der Waals surface area contributed by atoms with E-state index in [-0.39, 0.29) is 11.9 Å². The lowest BCUT2D eigenvalue weighted by atomic mass is 9.82. The van der Waals surface area contributed by atoms with Gasteiger partial charge in [0.25, 0.3) is 5.91 Å². The van der Waals surface area contributed by atoms with Gasteiger partial charge in [-0.25, -0.2) is 0 Å². The van der Waals surface area contributed by atoms with E-state index in [0.29, 0.717) is 23.5 Å². The van der Waals surface area contributed by atoms with E-state index in [9.17, 15) is 4.79 Å². The molecule has 0 radical (unpaired) electrons. The summed E-state index contributed by atoms with van der Waals surface area (Å²) in [6, 6.07) is 1.45. The van der Waals surface area contributed by atoms with Crippen molar-refractivity contribution in [1.29, 1.82) is 0 Å². The molecule has 0 spiro atoms.